The Morgan fingerprint density at radius 2 is 1.41 bits per heavy atom. The lowest BCUT2D eigenvalue weighted by Gasteiger charge is -2.41. The fourth-order valence-corrected chi connectivity index (χ4v) is 4.04. The Kier molecular flexibility index (Phi) is 7.79. The number of carbonyl (C=O) groups excluding carboxylic acids is 3. The molecular weight excluding hydrogens is 452 g/mol. The largest absolute Gasteiger partial charge is 0.456 e. The number of fused-ring (bicyclic) bond motifs is 1. The maximum atomic E-state index is 11.8. The van der Waals surface area contributed by atoms with Crippen LogP contribution in [0.5, 0.6) is 0 Å². The second-order valence-electron chi connectivity index (χ2n) is 8.24. The van der Waals surface area contributed by atoms with Gasteiger partial charge in [0.25, 0.3) is 0 Å². The van der Waals surface area contributed by atoms with Gasteiger partial charge in [-0.1, -0.05) is 30.3 Å². The van der Waals surface area contributed by atoms with E-state index in [1.807, 2.05) is 30.3 Å². The summed E-state index contributed by atoms with van der Waals surface area (Å²) in [4.78, 5) is 34.9. The maximum Gasteiger partial charge on any atom is 0.303 e. The van der Waals surface area contributed by atoms with Gasteiger partial charge in [0, 0.05) is 20.8 Å². The van der Waals surface area contributed by atoms with Crippen LogP contribution in [0, 0.1) is 0 Å². The first-order valence-corrected chi connectivity index (χ1v) is 11.0. The van der Waals surface area contributed by atoms with Crippen LogP contribution in [-0.2, 0) is 58.9 Å². The molecule has 3 saturated heterocycles. The zero-order chi connectivity index (χ0) is 24.2. The van der Waals surface area contributed by atoms with Crippen LogP contribution in [0.1, 0.15) is 26.3 Å². The minimum absolute atomic E-state index is 0.120. The second kappa shape index (κ2) is 10.8. The van der Waals surface area contributed by atoms with Crippen LogP contribution >= 0.6 is 0 Å². The number of epoxide rings is 1. The number of hydrogen-bond donors (Lipinski definition) is 0. The molecule has 0 saturated carbocycles. The van der Waals surface area contributed by atoms with Gasteiger partial charge in [0.05, 0.1) is 19.8 Å². The van der Waals surface area contributed by atoms with E-state index in [2.05, 4.69) is 0 Å². The van der Waals surface area contributed by atoms with Gasteiger partial charge in [-0.3, -0.25) is 14.4 Å². The van der Waals surface area contributed by atoms with Crippen molar-refractivity contribution in [3.63, 3.8) is 0 Å². The highest BCUT2D eigenvalue weighted by Crippen LogP contribution is 2.38. The van der Waals surface area contributed by atoms with E-state index in [0.29, 0.717) is 6.61 Å². The van der Waals surface area contributed by atoms with Crippen LogP contribution < -0.4 is 0 Å². The van der Waals surface area contributed by atoms with Gasteiger partial charge in [0.1, 0.15) is 18.3 Å². The third-order valence-corrected chi connectivity index (χ3v) is 5.49. The Balaban J connectivity index is 1.38. The molecular formula is C23H28O11. The fourth-order valence-electron chi connectivity index (χ4n) is 4.04. The summed E-state index contributed by atoms with van der Waals surface area (Å²) in [5.74, 6) is -1.87. The van der Waals surface area contributed by atoms with Gasteiger partial charge in [-0.25, -0.2) is 0 Å². The Hall–Kier alpha value is -2.57. The molecule has 0 aliphatic carbocycles. The standard InChI is InChI=1S/C23H28O11/c1-12(24)30-16-10-29-23(21(32-14(3)26)18(16)31-13(2)25)33-17-11-28-22(20-19(17)34-20)27-9-15-7-5-4-6-8-15/h4-8,16-23H,9-11H2,1-3H3/t16-,17-,18+,19-,20-,21-,22-,23+/m1/s1. The summed E-state index contributed by atoms with van der Waals surface area (Å²) in [5, 5.41) is 0. The van der Waals surface area contributed by atoms with Gasteiger partial charge in [0.2, 0.25) is 0 Å². The van der Waals surface area contributed by atoms with Gasteiger partial charge in [0.15, 0.2) is 30.9 Å². The third-order valence-electron chi connectivity index (χ3n) is 5.49. The highest BCUT2D eigenvalue weighted by Gasteiger charge is 2.57. The molecule has 0 spiro atoms. The SMILES string of the molecule is CC(=O)O[C@@H]1[C@@H](OC(C)=O)[C@H](O[C@@H]2CO[C@@H](OCc3ccccc3)[C@@H]3O[C@@H]32)OC[C@H]1OC(C)=O. The van der Waals surface area contributed by atoms with Crippen LogP contribution in [0.4, 0.5) is 0 Å². The lowest BCUT2D eigenvalue weighted by Crippen LogP contribution is -2.59. The molecule has 0 amide bonds. The van der Waals surface area contributed by atoms with E-state index in [1.165, 1.54) is 20.8 Å². The van der Waals surface area contributed by atoms with Crippen molar-refractivity contribution in [3.05, 3.63) is 35.9 Å². The second-order valence-corrected chi connectivity index (χ2v) is 8.24. The minimum atomic E-state index is -1.16. The molecule has 0 unspecified atom stereocenters. The Morgan fingerprint density at radius 1 is 0.794 bits per heavy atom. The van der Waals surface area contributed by atoms with Gasteiger partial charge in [-0.05, 0) is 5.56 Å². The molecule has 186 valence electrons. The number of rotatable bonds is 8. The van der Waals surface area contributed by atoms with E-state index < -0.39 is 54.9 Å². The zero-order valence-electron chi connectivity index (χ0n) is 19.1. The Labute approximate surface area is 196 Å². The van der Waals surface area contributed by atoms with E-state index in [1.54, 1.807) is 0 Å². The van der Waals surface area contributed by atoms with Crippen molar-refractivity contribution in [1.29, 1.82) is 0 Å². The third kappa shape index (κ3) is 6.10. The van der Waals surface area contributed by atoms with Crippen LogP contribution in [0.3, 0.4) is 0 Å². The summed E-state index contributed by atoms with van der Waals surface area (Å²) < 4.78 is 45.0. The van der Waals surface area contributed by atoms with E-state index in [9.17, 15) is 14.4 Å². The van der Waals surface area contributed by atoms with E-state index >= 15 is 0 Å². The quantitative estimate of drug-likeness (QED) is 0.298. The molecule has 0 N–H and O–H groups in total. The summed E-state index contributed by atoms with van der Waals surface area (Å²) in [7, 11) is 0. The number of hydrogen-bond acceptors (Lipinski definition) is 11. The lowest BCUT2D eigenvalue weighted by atomic mass is 10.0. The van der Waals surface area contributed by atoms with Crippen LogP contribution in [-0.4, -0.2) is 80.3 Å². The van der Waals surface area contributed by atoms with Crippen LogP contribution in [0.2, 0.25) is 0 Å². The molecule has 3 heterocycles. The number of ether oxygens (including phenoxy) is 8. The first kappa shape index (κ1) is 24.6. The van der Waals surface area contributed by atoms with Crippen molar-refractivity contribution < 1.29 is 52.3 Å². The molecule has 3 aliphatic heterocycles. The van der Waals surface area contributed by atoms with Gasteiger partial charge < -0.3 is 37.9 Å². The van der Waals surface area contributed by atoms with Gasteiger partial charge in [-0.15, -0.1) is 0 Å². The Morgan fingerprint density at radius 3 is 2.09 bits per heavy atom. The van der Waals surface area contributed by atoms with Crippen molar-refractivity contribution in [2.45, 2.75) is 76.6 Å². The average molecular weight is 480 g/mol. The molecule has 34 heavy (non-hydrogen) atoms. The minimum Gasteiger partial charge on any atom is -0.456 e. The first-order chi connectivity index (χ1) is 16.3. The number of esters is 3. The molecule has 0 bridgehead atoms. The van der Waals surface area contributed by atoms with Gasteiger partial charge >= 0.3 is 17.9 Å². The predicted molar refractivity (Wildman–Crippen MR) is 111 cm³/mol. The van der Waals surface area contributed by atoms with E-state index in [-0.39, 0.29) is 25.4 Å². The molecule has 3 fully saturated rings. The molecule has 11 heteroatoms. The van der Waals surface area contributed by atoms with Crippen molar-refractivity contribution >= 4 is 17.9 Å². The van der Waals surface area contributed by atoms with Crippen LogP contribution in [0.15, 0.2) is 30.3 Å². The summed E-state index contributed by atoms with van der Waals surface area (Å²) in [5.41, 5.74) is 1.01. The number of benzene rings is 1. The van der Waals surface area contributed by atoms with Crippen LogP contribution in [0.25, 0.3) is 0 Å². The summed E-state index contributed by atoms with van der Waals surface area (Å²) in [6, 6.07) is 9.70. The highest BCUT2D eigenvalue weighted by atomic mass is 16.8. The zero-order valence-corrected chi connectivity index (χ0v) is 19.1. The average Bonchev–Trinajstić information content (AvgIpc) is 3.58. The molecule has 0 radical (unpaired) electrons. The summed E-state index contributed by atoms with van der Waals surface area (Å²) >= 11 is 0. The topological polar surface area (TPSA) is 128 Å². The van der Waals surface area contributed by atoms with Crippen molar-refractivity contribution in [2.24, 2.45) is 0 Å². The summed E-state index contributed by atoms with van der Waals surface area (Å²) in [6.45, 7) is 4.04. The highest BCUT2D eigenvalue weighted by molar-refractivity contribution is 5.68. The Bertz CT molecular complexity index is 875. The molecule has 8 atom stereocenters. The van der Waals surface area contributed by atoms with Crippen molar-refractivity contribution in [1.82, 2.24) is 0 Å². The maximum absolute atomic E-state index is 11.8. The molecule has 3 aliphatic rings. The molecule has 0 aromatic heterocycles. The number of carbonyl (C=O) groups is 3. The first-order valence-electron chi connectivity index (χ1n) is 11.0. The van der Waals surface area contributed by atoms with Gasteiger partial charge in [-0.2, -0.15) is 0 Å². The molecule has 11 nitrogen and oxygen atoms in total. The smallest absolute Gasteiger partial charge is 0.303 e. The normalized spacial score (nSPS) is 34.4. The summed E-state index contributed by atoms with van der Waals surface area (Å²) in [6.07, 6.45) is -6.01. The fraction of sp³-hybridized carbons (Fsp3) is 0.609. The van der Waals surface area contributed by atoms with E-state index in [4.69, 9.17) is 37.9 Å². The van der Waals surface area contributed by atoms with E-state index in [0.717, 1.165) is 5.56 Å². The van der Waals surface area contributed by atoms with Crippen molar-refractivity contribution in [3.8, 4) is 0 Å². The predicted octanol–water partition coefficient (Wildman–Crippen LogP) is 0.864. The van der Waals surface area contributed by atoms with Crippen molar-refractivity contribution in [2.75, 3.05) is 13.2 Å². The monoisotopic (exact) mass is 480 g/mol. The lowest BCUT2D eigenvalue weighted by molar-refractivity contribution is -0.301. The molecule has 1 aromatic carbocycles. The molecule has 1 aromatic rings. The molecule has 4 rings (SSSR count).